The lowest BCUT2D eigenvalue weighted by Crippen LogP contribution is -2.41. The summed E-state index contributed by atoms with van der Waals surface area (Å²) in [5.74, 6) is 0.514. The van der Waals surface area contributed by atoms with Crippen LogP contribution in [-0.2, 0) is 9.59 Å². The fourth-order valence-corrected chi connectivity index (χ4v) is 4.90. The highest BCUT2D eigenvalue weighted by Crippen LogP contribution is 2.40. The van der Waals surface area contributed by atoms with Crippen molar-refractivity contribution in [3.63, 3.8) is 0 Å². The Balaban J connectivity index is 1.95. The molecule has 1 saturated carbocycles. The molecule has 1 aromatic rings. The Morgan fingerprint density at radius 1 is 0.963 bits per heavy atom. The Morgan fingerprint density at radius 2 is 1.56 bits per heavy atom. The highest BCUT2D eigenvalue weighted by Gasteiger charge is 2.42. The summed E-state index contributed by atoms with van der Waals surface area (Å²) in [4.78, 5) is 28.8. The number of imide groups is 1. The third-order valence-corrected chi connectivity index (χ3v) is 6.33. The molecule has 4 nitrogen and oxygen atoms in total. The zero-order valence-corrected chi connectivity index (χ0v) is 17.3. The van der Waals surface area contributed by atoms with Crippen LogP contribution in [0.15, 0.2) is 29.2 Å². The van der Waals surface area contributed by atoms with E-state index in [9.17, 15) is 9.59 Å². The second kappa shape index (κ2) is 8.96. The number of thioether (sulfide) groups is 1. The Labute approximate surface area is 166 Å². The maximum Gasteiger partial charge on any atom is 0.268 e. The average molecular weight is 388 g/mol. The maximum absolute atomic E-state index is 13.4. The summed E-state index contributed by atoms with van der Waals surface area (Å²) in [6.45, 7) is 4.11. The zero-order chi connectivity index (χ0) is 19.4. The molecule has 0 aromatic heterocycles. The van der Waals surface area contributed by atoms with E-state index in [0.717, 1.165) is 37.0 Å². The van der Waals surface area contributed by atoms with Gasteiger partial charge >= 0.3 is 0 Å². The molecule has 1 aromatic carbocycles. The van der Waals surface area contributed by atoms with Crippen LogP contribution in [0.2, 0.25) is 0 Å². The number of hydrogen-bond donors (Lipinski definition) is 0. The van der Waals surface area contributed by atoms with E-state index in [1.54, 1.807) is 12.0 Å². The molecule has 0 atom stereocenters. The van der Waals surface area contributed by atoms with Crippen molar-refractivity contribution in [1.82, 2.24) is 4.90 Å². The standard InChI is InChI=1S/C22H29NO3S/c1-15(2)27-20-19(16-11-13-18(26-3)14-12-16)21(24)23(22(20)25)17-9-7-5-4-6-8-10-17/h11-15,17H,4-10H2,1-3H3. The molecular weight excluding hydrogens is 358 g/mol. The van der Waals surface area contributed by atoms with Crippen molar-refractivity contribution in [2.45, 2.75) is 70.1 Å². The first kappa shape index (κ1) is 20.0. The normalized spacial score (nSPS) is 19.6. The maximum atomic E-state index is 13.4. The Hall–Kier alpha value is -1.75. The number of ether oxygens (including phenoxy) is 1. The van der Waals surface area contributed by atoms with Gasteiger partial charge in [-0.1, -0.05) is 58.1 Å². The molecule has 0 N–H and O–H groups in total. The molecule has 1 heterocycles. The van der Waals surface area contributed by atoms with Gasteiger partial charge in [-0.05, 0) is 30.5 Å². The summed E-state index contributed by atoms with van der Waals surface area (Å²) in [6.07, 6.45) is 7.68. The van der Waals surface area contributed by atoms with Gasteiger partial charge < -0.3 is 4.74 Å². The van der Waals surface area contributed by atoms with E-state index in [4.69, 9.17) is 4.74 Å². The number of rotatable bonds is 5. The molecule has 0 spiro atoms. The number of hydrogen-bond acceptors (Lipinski definition) is 4. The topological polar surface area (TPSA) is 46.6 Å². The Morgan fingerprint density at radius 3 is 2.11 bits per heavy atom. The Bertz CT molecular complexity index is 716. The van der Waals surface area contributed by atoms with E-state index in [0.29, 0.717) is 10.5 Å². The van der Waals surface area contributed by atoms with Gasteiger partial charge in [0.15, 0.2) is 0 Å². The molecule has 2 amide bonds. The molecule has 1 aliphatic heterocycles. The van der Waals surface area contributed by atoms with E-state index in [2.05, 4.69) is 13.8 Å². The highest BCUT2D eigenvalue weighted by atomic mass is 32.2. The quantitative estimate of drug-likeness (QED) is 0.665. The fraction of sp³-hybridized carbons (Fsp3) is 0.545. The monoisotopic (exact) mass is 387 g/mol. The molecule has 1 aliphatic carbocycles. The van der Waals surface area contributed by atoms with Gasteiger partial charge in [0.1, 0.15) is 5.75 Å². The minimum atomic E-state index is -0.126. The van der Waals surface area contributed by atoms with Crippen LogP contribution >= 0.6 is 11.8 Å². The van der Waals surface area contributed by atoms with E-state index >= 15 is 0 Å². The molecule has 146 valence electrons. The summed E-state index contributed by atoms with van der Waals surface area (Å²) in [7, 11) is 1.62. The zero-order valence-electron chi connectivity index (χ0n) is 16.5. The van der Waals surface area contributed by atoms with Gasteiger partial charge in [0.05, 0.1) is 17.6 Å². The molecule has 0 unspecified atom stereocenters. The van der Waals surface area contributed by atoms with Crippen molar-refractivity contribution in [2.75, 3.05) is 7.11 Å². The molecular formula is C22H29NO3S. The summed E-state index contributed by atoms with van der Waals surface area (Å²) in [5, 5.41) is 0.238. The molecule has 1 fully saturated rings. The minimum absolute atomic E-state index is 0.0313. The van der Waals surface area contributed by atoms with E-state index in [1.807, 2.05) is 24.3 Å². The highest BCUT2D eigenvalue weighted by molar-refractivity contribution is 8.04. The van der Waals surface area contributed by atoms with Crippen LogP contribution in [0.4, 0.5) is 0 Å². The number of benzene rings is 1. The Kier molecular flexibility index (Phi) is 6.64. The van der Waals surface area contributed by atoms with Crippen LogP contribution in [0.3, 0.4) is 0 Å². The van der Waals surface area contributed by atoms with E-state index in [1.165, 1.54) is 31.0 Å². The summed E-state index contributed by atoms with van der Waals surface area (Å²) in [5.41, 5.74) is 1.36. The predicted molar refractivity (Wildman–Crippen MR) is 111 cm³/mol. The second-order valence-electron chi connectivity index (χ2n) is 7.58. The molecule has 0 bridgehead atoms. The molecule has 0 saturated heterocycles. The molecule has 0 radical (unpaired) electrons. The summed E-state index contributed by atoms with van der Waals surface area (Å²) in [6, 6.07) is 7.47. The van der Waals surface area contributed by atoms with Crippen LogP contribution in [0.25, 0.3) is 5.57 Å². The van der Waals surface area contributed by atoms with Crippen molar-refractivity contribution in [3.05, 3.63) is 34.7 Å². The lowest BCUT2D eigenvalue weighted by molar-refractivity contribution is -0.139. The van der Waals surface area contributed by atoms with Crippen LogP contribution in [0.1, 0.15) is 64.4 Å². The lowest BCUT2D eigenvalue weighted by Gasteiger charge is -2.28. The fourth-order valence-electron chi connectivity index (χ4n) is 3.91. The van der Waals surface area contributed by atoms with Gasteiger partial charge in [-0.15, -0.1) is 11.8 Å². The summed E-state index contributed by atoms with van der Waals surface area (Å²) >= 11 is 1.50. The largest absolute Gasteiger partial charge is 0.497 e. The number of carbonyl (C=O) groups is 2. The third-order valence-electron chi connectivity index (χ3n) is 5.24. The minimum Gasteiger partial charge on any atom is -0.497 e. The van der Waals surface area contributed by atoms with Crippen LogP contribution in [0.5, 0.6) is 5.75 Å². The number of carbonyl (C=O) groups excluding carboxylic acids is 2. The van der Waals surface area contributed by atoms with Gasteiger partial charge in [0.25, 0.3) is 11.8 Å². The first-order chi connectivity index (χ1) is 13.0. The van der Waals surface area contributed by atoms with Gasteiger partial charge in [0.2, 0.25) is 0 Å². The smallest absolute Gasteiger partial charge is 0.268 e. The average Bonchev–Trinajstić information content (AvgIpc) is 2.85. The molecule has 2 aliphatic rings. The van der Waals surface area contributed by atoms with Gasteiger partial charge in [-0.25, -0.2) is 0 Å². The van der Waals surface area contributed by atoms with E-state index < -0.39 is 0 Å². The van der Waals surface area contributed by atoms with Crippen LogP contribution in [-0.4, -0.2) is 35.1 Å². The van der Waals surface area contributed by atoms with Crippen molar-refractivity contribution in [2.24, 2.45) is 0 Å². The predicted octanol–water partition coefficient (Wildman–Crippen LogP) is 5.03. The van der Waals surface area contributed by atoms with Crippen LogP contribution < -0.4 is 4.74 Å². The molecule has 27 heavy (non-hydrogen) atoms. The molecule has 5 heteroatoms. The summed E-state index contributed by atoms with van der Waals surface area (Å²) < 4.78 is 5.23. The third kappa shape index (κ3) is 4.40. The van der Waals surface area contributed by atoms with Gasteiger partial charge in [-0.3, -0.25) is 14.5 Å². The lowest BCUT2D eigenvalue weighted by atomic mass is 9.95. The first-order valence-electron chi connectivity index (χ1n) is 9.96. The van der Waals surface area contributed by atoms with E-state index in [-0.39, 0.29) is 23.1 Å². The van der Waals surface area contributed by atoms with Gasteiger partial charge in [0, 0.05) is 11.3 Å². The SMILES string of the molecule is COc1ccc(C2=C(SC(C)C)C(=O)N(C3CCCCCCC3)C2=O)cc1. The molecule has 3 rings (SSSR count). The van der Waals surface area contributed by atoms with Gasteiger partial charge in [-0.2, -0.15) is 0 Å². The second-order valence-corrected chi connectivity index (χ2v) is 9.17. The number of amides is 2. The number of methoxy groups -OCH3 is 1. The first-order valence-corrected chi connectivity index (χ1v) is 10.8. The van der Waals surface area contributed by atoms with Crippen LogP contribution in [0, 0.1) is 0 Å². The van der Waals surface area contributed by atoms with Crippen molar-refractivity contribution >= 4 is 29.1 Å². The number of nitrogens with zero attached hydrogens (tertiary/aromatic N) is 1. The van der Waals surface area contributed by atoms with Crippen molar-refractivity contribution in [1.29, 1.82) is 0 Å². The van der Waals surface area contributed by atoms with Crippen molar-refractivity contribution in [3.8, 4) is 5.75 Å². The van der Waals surface area contributed by atoms with Crippen molar-refractivity contribution < 1.29 is 14.3 Å².